The fourth-order valence-corrected chi connectivity index (χ4v) is 2.98. The lowest BCUT2D eigenvalue weighted by Crippen LogP contribution is -2.31. The van der Waals surface area contributed by atoms with E-state index in [1.54, 1.807) is 12.1 Å². The topological polar surface area (TPSA) is 65.2 Å². The Bertz CT molecular complexity index is 754. The van der Waals surface area contributed by atoms with Crippen molar-refractivity contribution in [1.29, 1.82) is 0 Å². The normalized spacial score (nSPS) is 17.8. The number of hydrogen-bond acceptors (Lipinski definition) is 3. The summed E-state index contributed by atoms with van der Waals surface area (Å²) in [6.45, 7) is 2.90. The first-order valence-corrected chi connectivity index (χ1v) is 8.04. The first-order chi connectivity index (χ1) is 11.6. The van der Waals surface area contributed by atoms with Crippen molar-refractivity contribution in [3.8, 4) is 0 Å². The van der Waals surface area contributed by atoms with Crippen molar-refractivity contribution in [2.75, 3.05) is 19.6 Å². The van der Waals surface area contributed by atoms with Gasteiger partial charge in [-0.25, -0.2) is 4.39 Å². The number of amides is 1. The zero-order valence-corrected chi connectivity index (χ0v) is 13.3. The van der Waals surface area contributed by atoms with Gasteiger partial charge in [0, 0.05) is 37.5 Å². The number of nitrogens with zero attached hydrogens (tertiary/aromatic N) is 1. The summed E-state index contributed by atoms with van der Waals surface area (Å²) in [5.41, 5.74) is 0.914. The first-order valence-electron chi connectivity index (χ1n) is 8.04. The minimum atomic E-state index is -0.230. The van der Waals surface area contributed by atoms with Gasteiger partial charge in [-0.2, -0.15) is 0 Å². The molecule has 5 nitrogen and oxygen atoms in total. The Morgan fingerprint density at radius 3 is 2.88 bits per heavy atom. The van der Waals surface area contributed by atoms with Gasteiger partial charge in [0.25, 0.3) is 5.91 Å². The highest BCUT2D eigenvalue weighted by Crippen LogP contribution is 2.19. The van der Waals surface area contributed by atoms with E-state index < -0.39 is 0 Å². The smallest absolute Gasteiger partial charge is 0.252 e. The molecule has 1 aromatic carbocycles. The van der Waals surface area contributed by atoms with Crippen LogP contribution in [0, 0.1) is 11.7 Å². The van der Waals surface area contributed by atoms with E-state index >= 15 is 0 Å². The SMILES string of the molecule is O=C(NC[C@@H]1CCN(Cc2ccccc2F)C1)c1ccc(=O)[nH]c1. The van der Waals surface area contributed by atoms with Crippen LogP contribution in [0.4, 0.5) is 4.39 Å². The van der Waals surface area contributed by atoms with Crippen LogP contribution >= 0.6 is 0 Å². The van der Waals surface area contributed by atoms with Crippen LogP contribution in [0.25, 0.3) is 0 Å². The van der Waals surface area contributed by atoms with Crippen molar-refractivity contribution in [2.24, 2.45) is 5.92 Å². The van der Waals surface area contributed by atoms with Crippen LogP contribution in [0.2, 0.25) is 0 Å². The number of carbonyl (C=O) groups is 1. The number of aromatic amines is 1. The van der Waals surface area contributed by atoms with E-state index in [1.165, 1.54) is 24.4 Å². The van der Waals surface area contributed by atoms with Gasteiger partial charge in [0.1, 0.15) is 5.82 Å². The zero-order valence-electron chi connectivity index (χ0n) is 13.3. The Balaban J connectivity index is 1.48. The van der Waals surface area contributed by atoms with Crippen molar-refractivity contribution < 1.29 is 9.18 Å². The fourth-order valence-electron chi connectivity index (χ4n) is 2.98. The highest BCUT2D eigenvalue weighted by atomic mass is 19.1. The molecule has 2 N–H and O–H groups in total. The molecule has 1 aromatic heterocycles. The summed E-state index contributed by atoms with van der Waals surface area (Å²) in [6.07, 6.45) is 2.39. The van der Waals surface area contributed by atoms with Gasteiger partial charge in [-0.3, -0.25) is 14.5 Å². The summed E-state index contributed by atoms with van der Waals surface area (Å²) in [5, 5.41) is 2.89. The van der Waals surface area contributed by atoms with E-state index in [1.807, 2.05) is 6.07 Å². The number of benzene rings is 1. The lowest BCUT2D eigenvalue weighted by Gasteiger charge is -2.16. The molecule has 1 amide bonds. The average Bonchev–Trinajstić information content (AvgIpc) is 3.03. The Labute approximate surface area is 139 Å². The molecule has 3 rings (SSSR count). The van der Waals surface area contributed by atoms with Crippen molar-refractivity contribution >= 4 is 5.91 Å². The highest BCUT2D eigenvalue weighted by molar-refractivity contribution is 5.93. The predicted molar refractivity (Wildman–Crippen MR) is 89.2 cm³/mol. The summed E-state index contributed by atoms with van der Waals surface area (Å²) < 4.78 is 13.7. The Hall–Kier alpha value is -2.47. The Kier molecular flexibility index (Phi) is 5.05. The van der Waals surface area contributed by atoms with E-state index in [9.17, 15) is 14.0 Å². The second-order valence-electron chi connectivity index (χ2n) is 6.13. The summed E-state index contributed by atoms with van der Waals surface area (Å²) in [4.78, 5) is 27.7. The number of halogens is 1. The lowest BCUT2D eigenvalue weighted by atomic mass is 10.1. The average molecular weight is 329 g/mol. The van der Waals surface area contributed by atoms with Gasteiger partial charge < -0.3 is 10.3 Å². The van der Waals surface area contributed by atoms with Gasteiger partial charge in [-0.1, -0.05) is 18.2 Å². The number of rotatable bonds is 5. The van der Waals surface area contributed by atoms with Gasteiger partial charge in [-0.15, -0.1) is 0 Å². The standard InChI is InChI=1S/C18H20FN3O2/c19-16-4-2-1-3-15(16)12-22-8-7-13(11-22)9-21-18(24)14-5-6-17(23)20-10-14/h1-6,10,13H,7-9,11-12H2,(H,20,23)(H,21,24)/t13-/m0/s1. The maximum atomic E-state index is 13.7. The van der Waals surface area contributed by atoms with Crippen LogP contribution in [-0.4, -0.2) is 35.4 Å². The third-order valence-electron chi connectivity index (χ3n) is 4.32. The molecule has 1 saturated heterocycles. The first kappa shape index (κ1) is 16.4. The number of H-pyrrole nitrogens is 1. The minimum absolute atomic E-state index is 0.174. The molecule has 1 aliphatic rings. The van der Waals surface area contributed by atoms with Crippen molar-refractivity contribution in [1.82, 2.24) is 15.2 Å². The van der Waals surface area contributed by atoms with Crippen LogP contribution in [0.1, 0.15) is 22.3 Å². The largest absolute Gasteiger partial charge is 0.352 e. The highest BCUT2D eigenvalue weighted by Gasteiger charge is 2.23. The van der Waals surface area contributed by atoms with E-state index in [-0.39, 0.29) is 17.3 Å². The number of hydrogen-bond donors (Lipinski definition) is 2. The zero-order chi connectivity index (χ0) is 16.9. The summed E-state index contributed by atoms with van der Waals surface area (Å²) in [6, 6.07) is 9.66. The molecule has 126 valence electrons. The van der Waals surface area contributed by atoms with Crippen LogP contribution in [0.15, 0.2) is 47.4 Å². The molecule has 0 radical (unpaired) electrons. The summed E-state index contributed by atoms with van der Waals surface area (Å²) in [5.74, 6) is -0.0189. The summed E-state index contributed by atoms with van der Waals surface area (Å²) in [7, 11) is 0. The number of pyridine rings is 1. The van der Waals surface area contributed by atoms with Crippen LogP contribution < -0.4 is 10.9 Å². The number of likely N-dealkylation sites (tertiary alicyclic amines) is 1. The lowest BCUT2D eigenvalue weighted by molar-refractivity contribution is 0.0947. The Morgan fingerprint density at radius 1 is 1.29 bits per heavy atom. The number of nitrogens with one attached hydrogen (secondary N) is 2. The van der Waals surface area contributed by atoms with Crippen molar-refractivity contribution in [3.05, 3.63) is 69.9 Å². The third-order valence-corrected chi connectivity index (χ3v) is 4.32. The number of aromatic nitrogens is 1. The molecule has 0 saturated carbocycles. The predicted octanol–water partition coefficient (Wildman–Crippen LogP) is 1.77. The van der Waals surface area contributed by atoms with E-state index in [0.717, 1.165) is 19.5 Å². The molecule has 2 aromatic rings. The molecule has 6 heteroatoms. The molecule has 1 atom stereocenters. The second-order valence-corrected chi connectivity index (χ2v) is 6.13. The van der Waals surface area contributed by atoms with Crippen LogP contribution in [0.5, 0.6) is 0 Å². The second kappa shape index (κ2) is 7.40. The fraction of sp³-hybridized carbons (Fsp3) is 0.333. The number of carbonyl (C=O) groups excluding carboxylic acids is 1. The molecular formula is C18H20FN3O2. The van der Waals surface area contributed by atoms with Gasteiger partial charge in [0.05, 0.1) is 5.56 Å². The maximum absolute atomic E-state index is 13.7. The van der Waals surface area contributed by atoms with Crippen molar-refractivity contribution in [3.63, 3.8) is 0 Å². The van der Waals surface area contributed by atoms with Gasteiger partial charge in [0.2, 0.25) is 5.56 Å². The minimum Gasteiger partial charge on any atom is -0.352 e. The van der Waals surface area contributed by atoms with E-state index in [0.29, 0.717) is 30.1 Å². The maximum Gasteiger partial charge on any atom is 0.252 e. The monoisotopic (exact) mass is 329 g/mol. The molecule has 0 spiro atoms. The Morgan fingerprint density at radius 2 is 2.12 bits per heavy atom. The molecular weight excluding hydrogens is 309 g/mol. The van der Waals surface area contributed by atoms with Gasteiger partial charge >= 0.3 is 0 Å². The van der Waals surface area contributed by atoms with Crippen molar-refractivity contribution in [2.45, 2.75) is 13.0 Å². The molecule has 0 aliphatic carbocycles. The molecule has 1 fully saturated rings. The van der Waals surface area contributed by atoms with Gasteiger partial charge in [0.15, 0.2) is 0 Å². The van der Waals surface area contributed by atoms with E-state index in [2.05, 4.69) is 15.2 Å². The summed E-state index contributed by atoms with van der Waals surface area (Å²) >= 11 is 0. The molecule has 24 heavy (non-hydrogen) atoms. The van der Waals surface area contributed by atoms with Gasteiger partial charge in [-0.05, 0) is 31.0 Å². The molecule has 0 unspecified atom stereocenters. The molecule has 1 aliphatic heterocycles. The van der Waals surface area contributed by atoms with Crippen LogP contribution in [0.3, 0.4) is 0 Å². The third kappa shape index (κ3) is 4.08. The molecule has 2 heterocycles. The molecule has 0 bridgehead atoms. The van der Waals surface area contributed by atoms with E-state index in [4.69, 9.17) is 0 Å². The van der Waals surface area contributed by atoms with Crippen LogP contribution in [-0.2, 0) is 6.54 Å². The quantitative estimate of drug-likeness (QED) is 0.879.